The van der Waals surface area contributed by atoms with Gasteiger partial charge in [0.2, 0.25) is 5.88 Å². The van der Waals surface area contributed by atoms with Gasteiger partial charge in [0.05, 0.1) is 19.2 Å². The van der Waals surface area contributed by atoms with Crippen molar-refractivity contribution < 1.29 is 4.74 Å². The van der Waals surface area contributed by atoms with Gasteiger partial charge in [-0.3, -0.25) is 0 Å². The molecular weight excluding hydrogens is 320 g/mol. The molecule has 0 saturated heterocycles. The Kier molecular flexibility index (Phi) is 7.55. The summed E-state index contributed by atoms with van der Waals surface area (Å²) in [5.41, 5.74) is 1.06. The van der Waals surface area contributed by atoms with E-state index in [9.17, 15) is 0 Å². The van der Waals surface area contributed by atoms with Crippen LogP contribution in [-0.2, 0) is 6.54 Å². The molecule has 0 aliphatic rings. The second kappa shape index (κ2) is 9.93. The van der Waals surface area contributed by atoms with Gasteiger partial charge in [-0.1, -0.05) is 19.1 Å². The van der Waals surface area contributed by atoms with Crippen LogP contribution >= 0.6 is 11.3 Å². The van der Waals surface area contributed by atoms with E-state index in [0.29, 0.717) is 19.0 Å². The van der Waals surface area contributed by atoms with Crippen molar-refractivity contribution in [3.63, 3.8) is 0 Å². The molecule has 6 heteroatoms. The van der Waals surface area contributed by atoms with Crippen molar-refractivity contribution in [3.8, 4) is 5.88 Å². The van der Waals surface area contributed by atoms with Gasteiger partial charge in [0.15, 0.2) is 5.96 Å². The molecule has 0 saturated carbocycles. The molecule has 2 aromatic heterocycles. The third kappa shape index (κ3) is 5.85. The monoisotopic (exact) mass is 346 g/mol. The third-order valence-electron chi connectivity index (χ3n) is 3.34. The number of guanidine groups is 1. The number of thiophene rings is 1. The van der Waals surface area contributed by atoms with E-state index in [2.05, 4.69) is 58.9 Å². The van der Waals surface area contributed by atoms with Crippen molar-refractivity contribution in [1.82, 2.24) is 15.6 Å². The lowest BCUT2D eigenvalue weighted by Gasteiger charge is -2.16. The van der Waals surface area contributed by atoms with Gasteiger partial charge in [0.25, 0.3) is 0 Å². The van der Waals surface area contributed by atoms with Crippen LogP contribution in [0.5, 0.6) is 5.88 Å². The van der Waals surface area contributed by atoms with Gasteiger partial charge in [0.1, 0.15) is 0 Å². The normalized spacial score (nSPS) is 12.7. The van der Waals surface area contributed by atoms with Crippen LogP contribution in [-0.4, -0.2) is 24.1 Å². The molecule has 0 bridgehead atoms. The van der Waals surface area contributed by atoms with Crippen molar-refractivity contribution in [1.29, 1.82) is 0 Å². The van der Waals surface area contributed by atoms with E-state index in [-0.39, 0.29) is 6.04 Å². The molecule has 0 aliphatic heterocycles. The second-order valence-electron chi connectivity index (χ2n) is 5.43. The van der Waals surface area contributed by atoms with Crippen LogP contribution in [0.15, 0.2) is 40.8 Å². The summed E-state index contributed by atoms with van der Waals surface area (Å²) < 4.78 is 5.50. The Hall–Kier alpha value is -2.08. The Bertz CT molecular complexity index is 610. The molecule has 130 valence electrons. The molecule has 2 rings (SSSR count). The van der Waals surface area contributed by atoms with E-state index in [1.165, 1.54) is 4.88 Å². The summed E-state index contributed by atoms with van der Waals surface area (Å²) in [4.78, 5) is 10.2. The number of nitrogens with zero attached hydrogens (tertiary/aromatic N) is 2. The summed E-state index contributed by atoms with van der Waals surface area (Å²) in [7, 11) is 0. The van der Waals surface area contributed by atoms with E-state index < -0.39 is 0 Å². The van der Waals surface area contributed by atoms with Gasteiger partial charge in [-0.05, 0) is 37.3 Å². The number of aromatic nitrogens is 1. The largest absolute Gasteiger partial charge is 0.478 e. The van der Waals surface area contributed by atoms with Crippen molar-refractivity contribution in [2.24, 2.45) is 4.99 Å². The van der Waals surface area contributed by atoms with Crippen LogP contribution in [0.1, 0.15) is 43.7 Å². The lowest BCUT2D eigenvalue weighted by atomic mass is 10.3. The predicted molar refractivity (Wildman–Crippen MR) is 101 cm³/mol. The number of rotatable bonds is 8. The smallest absolute Gasteiger partial charge is 0.213 e. The van der Waals surface area contributed by atoms with Crippen molar-refractivity contribution in [2.75, 3.05) is 13.2 Å². The van der Waals surface area contributed by atoms with E-state index in [1.807, 2.05) is 18.3 Å². The number of hydrogen-bond donors (Lipinski definition) is 2. The van der Waals surface area contributed by atoms with Gasteiger partial charge >= 0.3 is 0 Å². The van der Waals surface area contributed by atoms with Gasteiger partial charge in [-0.2, -0.15) is 0 Å². The molecule has 2 aromatic rings. The molecule has 0 aliphatic carbocycles. The molecule has 0 radical (unpaired) electrons. The van der Waals surface area contributed by atoms with Gasteiger partial charge < -0.3 is 15.4 Å². The predicted octanol–water partition coefficient (Wildman–Crippen LogP) is 3.75. The standard InChI is InChI=1S/C18H26N4OS/c1-4-10-23-17-9-8-15(12-20-17)13-21-18(19-5-2)22-14(3)16-7-6-11-24-16/h6-9,11-12,14H,4-5,10,13H2,1-3H3,(H2,19,21,22). The first-order valence-electron chi connectivity index (χ1n) is 8.38. The summed E-state index contributed by atoms with van der Waals surface area (Å²) in [5, 5.41) is 8.81. The topological polar surface area (TPSA) is 58.5 Å². The van der Waals surface area contributed by atoms with Crippen LogP contribution in [0.25, 0.3) is 0 Å². The summed E-state index contributed by atoms with van der Waals surface area (Å²) >= 11 is 1.74. The minimum atomic E-state index is 0.228. The fourth-order valence-corrected chi connectivity index (χ4v) is 2.84. The lowest BCUT2D eigenvalue weighted by Crippen LogP contribution is -2.38. The molecule has 0 spiro atoms. The molecule has 2 heterocycles. The first kappa shape index (κ1) is 18.3. The second-order valence-corrected chi connectivity index (χ2v) is 6.41. The van der Waals surface area contributed by atoms with E-state index in [1.54, 1.807) is 11.3 Å². The maximum atomic E-state index is 5.50. The Morgan fingerprint density at radius 3 is 2.83 bits per heavy atom. The molecular formula is C18H26N4OS. The fraction of sp³-hybridized carbons (Fsp3) is 0.444. The molecule has 1 atom stereocenters. The number of nitrogens with one attached hydrogen (secondary N) is 2. The molecule has 2 N–H and O–H groups in total. The molecule has 0 amide bonds. The molecule has 24 heavy (non-hydrogen) atoms. The highest BCUT2D eigenvalue weighted by Crippen LogP contribution is 2.17. The maximum absolute atomic E-state index is 5.50. The quantitative estimate of drug-likeness (QED) is 0.564. The van der Waals surface area contributed by atoms with Crippen LogP contribution in [0, 0.1) is 0 Å². The number of aliphatic imine (C=N–C) groups is 1. The summed E-state index contributed by atoms with van der Waals surface area (Å²) in [6, 6.07) is 8.33. The van der Waals surface area contributed by atoms with Crippen LogP contribution in [0.2, 0.25) is 0 Å². The first-order valence-corrected chi connectivity index (χ1v) is 9.26. The number of pyridine rings is 1. The highest BCUT2D eigenvalue weighted by molar-refractivity contribution is 7.10. The van der Waals surface area contributed by atoms with Crippen LogP contribution in [0.4, 0.5) is 0 Å². The summed E-state index contributed by atoms with van der Waals surface area (Å²) in [6.07, 6.45) is 2.80. The van der Waals surface area contributed by atoms with E-state index in [4.69, 9.17) is 4.74 Å². The Morgan fingerprint density at radius 2 is 2.21 bits per heavy atom. The third-order valence-corrected chi connectivity index (χ3v) is 4.39. The first-order chi connectivity index (χ1) is 11.7. The number of hydrogen-bond acceptors (Lipinski definition) is 4. The highest BCUT2D eigenvalue weighted by Gasteiger charge is 2.08. The van der Waals surface area contributed by atoms with Crippen LogP contribution < -0.4 is 15.4 Å². The molecule has 0 fully saturated rings. The van der Waals surface area contributed by atoms with Gasteiger partial charge in [0, 0.05) is 23.7 Å². The molecule has 1 unspecified atom stereocenters. The maximum Gasteiger partial charge on any atom is 0.213 e. The van der Waals surface area contributed by atoms with Gasteiger partial charge in [-0.15, -0.1) is 11.3 Å². The molecule has 5 nitrogen and oxygen atoms in total. The minimum Gasteiger partial charge on any atom is -0.478 e. The highest BCUT2D eigenvalue weighted by atomic mass is 32.1. The summed E-state index contributed by atoms with van der Waals surface area (Å²) in [5.74, 6) is 1.48. The minimum absolute atomic E-state index is 0.228. The van der Waals surface area contributed by atoms with E-state index >= 15 is 0 Å². The fourth-order valence-electron chi connectivity index (χ4n) is 2.10. The van der Waals surface area contributed by atoms with Crippen LogP contribution in [0.3, 0.4) is 0 Å². The SMILES string of the molecule is CCCOc1ccc(CN=C(NCC)NC(C)c2cccs2)cn1. The number of ether oxygens (including phenoxy) is 1. The zero-order valence-corrected chi connectivity index (χ0v) is 15.4. The van der Waals surface area contributed by atoms with Crippen molar-refractivity contribution in [2.45, 2.75) is 39.8 Å². The van der Waals surface area contributed by atoms with Gasteiger partial charge in [-0.25, -0.2) is 9.98 Å². The van der Waals surface area contributed by atoms with Crippen molar-refractivity contribution in [3.05, 3.63) is 46.3 Å². The van der Waals surface area contributed by atoms with E-state index in [0.717, 1.165) is 24.5 Å². The lowest BCUT2D eigenvalue weighted by molar-refractivity contribution is 0.305. The zero-order valence-electron chi connectivity index (χ0n) is 14.6. The molecule has 0 aromatic carbocycles. The average molecular weight is 346 g/mol. The zero-order chi connectivity index (χ0) is 17.2. The van der Waals surface area contributed by atoms with Crippen molar-refractivity contribution >= 4 is 17.3 Å². The Morgan fingerprint density at radius 1 is 1.33 bits per heavy atom. The Labute approximate surface area is 148 Å². The average Bonchev–Trinajstić information content (AvgIpc) is 3.13. The summed E-state index contributed by atoms with van der Waals surface area (Å²) in [6.45, 7) is 8.38. The Balaban J connectivity index is 1.94.